The zero-order chi connectivity index (χ0) is 9.40. The second-order valence-electron chi connectivity index (χ2n) is 2.48. The van der Waals surface area contributed by atoms with Gasteiger partial charge in [-0.25, -0.2) is 0 Å². The maximum Gasteiger partial charge on any atom is 0.303 e. The Morgan fingerprint density at radius 2 is 2.00 bits per heavy atom. The smallest absolute Gasteiger partial charge is 0.303 e. The van der Waals surface area contributed by atoms with Crippen molar-refractivity contribution < 1.29 is 14.7 Å². The SMILES string of the molecule is CCCSCC(=O)CCC(=O)O. The van der Waals surface area contributed by atoms with Crippen LogP contribution in [-0.2, 0) is 9.59 Å². The number of carbonyl (C=O) groups is 2. The highest BCUT2D eigenvalue weighted by Gasteiger charge is 2.04. The quantitative estimate of drug-likeness (QED) is 0.619. The second kappa shape index (κ2) is 7.16. The standard InChI is InChI=1S/C8H14O3S/c1-2-5-12-6-7(9)3-4-8(10)11/h2-6H2,1H3,(H,10,11). The van der Waals surface area contributed by atoms with Gasteiger partial charge in [-0.15, -0.1) is 0 Å². The Kier molecular flexibility index (Phi) is 6.85. The Morgan fingerprint density at radius 3 is 2.50 bits per heavy atom. The topological polar surface area (TPSA) is 54.4 Å². The Morgan fingerprint density at radius 1 is 1.33 bits per heavy atom. The van der Waals surface area contributed by atoms with Gasteiger partial charge in [-0.05, 0) is 12.2 Å². The van der Waals surface area contributed by atoms with Crippen LogP contribution in [0.1, 0.15) is 26.2 Å². The fourth-order valence-electron chi connectivity index (χ4n) is 0.649. The summed E-state index contributed by atoms with van der Waals surface area (Å²) in [6.07, 6.45) is 1.19. The van der Waals surface area contributed by atoms with E-state index in [0.717, 1.165) is 12.2 Å². The molecule has 4 heteroatoms. The molecule has 0 heterocycles. The van der Waals surface area contributed by atoms with Gasteiger partial charge >= 0.3 is 5.97 Å². The van der Waals surface area contributed by atoms with Crippen LogP contribution in [0.4, 0.5) is 0 Å². The van der Waals surface area contributed by atoms with Gasteiger partial charge in [-0.3, -0.25) is 9.59 Å². The zero-order valence-electron chi connectivity index (χ0n) is 7.21. The van der Waals surface area contributed by atoms with Gasteiger partial charge in [0, 0.05) is 6.42 Å². The van der Waals surface area contributed by atoms with Gasteiger partial charge in [0.2, 0.25) is 0 Å². The molecule has 0 aliphatic rings. The van der Waals surface area contributed by atoms with E-state index in [2.05, 4.69) is 6.92 Å². The molecule has 12 heavy (non-hydrogen) atoms. The lowest BCUT2D eigenvalue weighted by atomic mass is 10.2. The predicted octanol–water partition coefficient (Wildman–Crippen LogP) is 1.56. The first-order valence-electron chi connectivity index (χ1n) is 3.98. The van der Waals surface area contributed by atoms with Crippen LogP contribution >= 0.6 is 11.8 Å². The number of hydrogen-bond donors (Lipinski definition) is 1. The van der Waals surface area contributed by atoms with E-state index in [9.17, 15) is 9.59 Å². The van der Waals surface area contributed by atoms with Gasteiger partial charge < -0.3 is 5.11 Å². The monoisotopic (exact) mass is 190 g/mol. The van der Waals surface area contributed by atoms with Gasteiger partial charge in [-0.1, -0.05) is 6.92 Å². The van der Waals surface area contributed by atoms with E-state index in [1.54, 1.807) is 11.8 Å². The molecule has 0 bridgehead atoms. The normalized spacial score (nSPS) is 9.75. The Balaban J connectivity index is 3.28. The van der Waals surface area contributed by atoms with Gasteiger partial charge in [0.1, 0.15) is 5.78 Å². The number of Topliss-reactive ketones (excluding diaryl/α,β-unsaturated/α-hetero) is 1. The third-order valence-electron chi connectivity index (χ3n) is 1.23. The van der Waals surface area contributed by atoms with E-state index < -0.39 is 5.97 Å². The summed E-state index contributed by atoms with van der Waals surface area (Å²) in [5.41, 5.74) is 0. The molecule has 0 radical (unpaired) electrons. The average Bonchev–Trinajstić information content (AvgIpc) is 2.01. The molecule has 0 aromatic carbocycles. The van der Waals surface area contributed by atoms with Crippen molar-refractivity contribution in [3.05, 3.63) is 0 Å². The molecule has 0 unspecified atom stereocenters. The van der Waals surface area contributed by atoms with Gasteiger partial charge in [-0.2, -0.15) is 11.8 Å². The van der Waals surface area contributed by atoms with Crippen LogP contribution in [0.3, 0.4) is 0 Å². The summed E-state index contributed by atoms with van der Waals surface area (Å²) >= 11 is 1.57. The van der Waals surface area contributed by atoms with E-state index >= 15 is 0 Å². The lowest BCUT2D eigenvalue weighted by Crippen LogP contribution is -2.05. The van der Waals surface area contributed by atoms with Gasteiger partial charge in [0.15, 0.2) is 0 Å². The molecule has 0 spiro atoms. The summed E-state index contributed by atoms with van der Waals surface area (Å²) in [7, 11) is 0. The number of aliphatic carboxylic acids is 1. The summed E-state index contributed by atoms with van der Waals surface area (Å²) < 4.78 is 0. The first-order valence-corrected chi connectivity index (χ1v) is 5.13. The van der Waals surface area contributed by atoms with Crippen molar-refractivity contribution in [2.45, 2.75) is 26.2 Å². The molecule has 0 aromatic heterocycles. The highest BCUT2D eigenvalue weighted by atomic mass is 32.2. The molecule has 0 amide bonds. The van der Waals surface area contributed by atoms with E-state index in [0.29, 0.717) is 5.75 Å². The van der Waals surface area contributed by atoms with Crippen molar-refractivity contribution in [1.82, 2.24) is 0 Å². The van der Waals surface area contributed by atoms with Crippen molar-refractivity contribution >= 4 is 23.5 Å². The molecule has 0 rings (SSSR count). The minimum atomic E-state index is -0.899. The molecule has 70 valence electrons. The van der Waals surface area contributed by atoms with Crippen LogP contribution < -0.4 is 0 Å². The number of ketones is 1. The summed E-state index contributed by atoms with van der Waals surface area (Å²) in [5.74, 6) is 0.569. The first-order chi connectivity index (χ1) is 5.66. The predicted molar refractivity (Wildman–Crippen MR) is 49.5 cm³/mol. The van der Waals surface area contributed by atoms with Crippen LogP contribution in [0, 0.1) is 0 Å². The van der Waals surface area contributed by atoms with E-state index in [1.807, 2.05) is 0 Å². The third-order valence-corrected chi connectivity index (χ3v) is 2.45. The van der Waals surface area contributed by atoms with Crippen molar-refractivity contribution in [3.8, 4) is 0 Å². The number of thioether (sulfide) groups is 1. The summed E-state index contributed by atoms with van der Waals surface area (Å²) in [6.45, 7) is 2.05. The summed E-state index contributed by atoms with van der Waals surface area (Å²) in [4.78, 5) is 21.0. The zero-order valence-corrected chi connectivity index (χ0v) is 8.02. The van der Waals surface area contributed by atoms with E-state index in [4.69, 9.17) is 5.11 Å². The lowest BCUT2D eigenvalue weighted by molar-refractivity contribution is -0.138. The molecule has 1 N–H and O–H groups in total. The number of rotatable bonds is 7. The Hall–Kier alpha value is -0.510. The van der Waals surface area contributed by atoms with Crippen molar-refractivity contribution in [3.63, 3.8) is 0 Å². The fraction of sp³-hybridized carbons (Fsp3) is 0.750. The number of carboxylic acid groups (broad SMARTS) is 1. The lowest BCUT2D eigenvalue weighted by Gasteiger charge is -1.97. The largest absolute Gasteiger partial charge is 0.481 e. The molecule has 0 aliphatic carbocycles. The first kappa shape index (κ1) is 11.5. The van der Waals surface area contributed by atoms with Crippen molar-refractivity contribution in [2.75, 3.05) is 11.5 Å². The second-order valence-corrected chi connectivity index (χ2v) is 3.59. The molecule has 0 atom stereocenters. The van der Waals surface area contributed by atoms with Gasteiger partial charge in [0.05, 0.1) is 12.2 Å². The summed E-state index contributed by atoms with van der Waals surface area (Å²) in [6, 6.07) is 0. The summed E-state index contributed by atoms with van der Waals surface area (Å²) in [5, 5.41) is 8.27. The molecule has 0 aliphatic heterocycles. The van der Waals surface area contributed by atoms with E-state index in [-0.39, 0.29) is 18.6 Å². The average molecular weight is 190 g/mol. The Bertz CT molecular complexity index is 156. The third kappa shape index (κ3) is 7.60. The minimum Gasteiger partial charge on any atom is -0.481 e. The minimum absolute atomic E-state index is 0.0362. The van der Waals surface area contributed by atoms with Crippen LogP contribution in [0.15, 0.2) is 0 Å². The molecule has 0 aromatic rings. The number of hydrogen-bond acceptors (Lipinski definition) is 3. The molecule has 0 saturated heterocycles. The number of carbonyl (C=O) groups excluding carboxylic acids is 1. The van der Waals surface area contributed by atoms with E-state index in [1.165, 1.54) is 0 Å². The van der Waals surface area contributed by atoms with Gasteiger partial charge in [0.25, 0.3) is 0 Å². The highest BCUT2D eigenvalue weighted by Crippen LogP contribution is 2.04. The molecule has 0 fully saturated rings. The highest BCUT2D eigenvalue weighted by molar-refractivity contribution is 7.99. The molecule has 0 saturated carbocycles. The fourth-order valence-corrected chi connectivity index (χ4v) is 1.45. The van der Waals surface area contributed by atoms with Crippen LogP contribution in [0.5, 0.6) is 0 Å². The molecular formula is C8H14O3S. The Labute approximate surface area is 76.5 Å². The molecule has 3 nitrogen and oxygen atoms in total. The number of carboxylic acids is 1. The maximum absolute atomic E-state index is 10.9. The maximum atomic E-state index is 10.9. The van der Waals surface area contributed by atoms with Crippen LogP contribution in [0.2, 0.25) is 0 Å². The van der Waals surface area contributed by atoms with Crippen molar-refractivity contribution in [1.29, 1.82) is 0 Å². The van der Waals surface area contributed by atoms with Crippen LogP contribution in [0.25, 0.3) is 0 Å². The van der Waals surface area contributed by atoms with Crippen molar-refractivity contribution in [2.24, 2.45) is 0 Å². The van der Waals surface area contributed by atoms with Crippen LogP contribution in [-0.4, -0.2) is 28.4 Å². The molecular weight excluding hydrogens is 176 g/mol.